The molecule has 1 nitrogen and oxygen atoms in total. The molecule has 1 N–H and O–H groups in total. The SMILES string of the molecule is [CH2]CCCCCCC/C=C/CC(O)CCCCCC. The summed E-state index contributed by atoms with van der Waals surface area (Å²) in [5, 5.41) is 9.79. The van der Waals surface area contributed by atoms with Crippen LogP contribution in [0.5, 0.6) is 0 Å². The molecule has 1 unspecified atom stereocenters. The molecule has 1 heteroatoms. The second kappa shape index (κ2) is 15.8. The Morgan fingerprint density at radius 2 is 1.58 bits per heavy atom. The number of aliphatic hydroxyl groups is 1. The molecule has 1 atom stereocenters. The van der Waals surface area contributed by atoms with Crippen molar-refractivity contribution in [2.45, 2.75) is 96.5 Å². The zero-order valence-corrected chi connectivity index (χ0v) is 13.1. The summed E-state index contributed by atoms with van der Waals surface area (Å²) in [6.45, 7) is 6.08. The lowest BCUT2D eigenvalue weighted by Gasteiger charge is -2.07. The van der Waals surface area contributed by atoms with E-state index in [1.807, 2.05) is 0 Å². The van der Waals surface area contributed by atoms with Crippen LogP contribution < -0.4 is 0 Å². The van der Waals surface area contributed by atoms with Crippen molar-refractivity contribution in [2.24, 2.45) is 0 Å². The Morgan fingerprint density at radius 3 is 2.32 bits per heavy atom. The fourth-order valence-corrected chi connectivity index (χ4v) is 2.27. The lowest BCUT2D eigenvalue weighted by Crippen LogP contribution is -2.04. The molecule has 0 bridgehead atoms. The van der Waals surface area contributed by atoms with E-state index in [1.54, 1.807) is 0 Å². The summed E-state index contributed by atoms with van der Waals surface area (Å²) in [5.74, 6) is 0. The zero-order chi connectivity index (χ0) is 14.2. The molecule has 0 rings (SSSR count). The molecule has 1 radical (unpaired) electrons. The van der Waals surface area contributed by atoms with Crippen molar-refractivity contribution in [3.05, 3.63) is 19.1 Å². The Labute approximate surface area is 121 Å². The highest BCUT2D eigenvalue weighted by atomic mass is 16.3. The third-order valence-corrected chi connectivity index (χ3v) is 3.59. The minimum absolute atomic E-state index is 0.120. The number of rotatable bonds is 14. The molecule has 0 aromatic heterocycles. The maximum Gasteiger partial charge on any atom is 0.0574 e. The van der Waals surface area contributed by atoms with Gasteiger partial charge in [0, 0.05) is 0 Å². The fraction of sp³-hybridized carbons (Fsp3) is 0.833. The fourth-order valence-electron chi connectivity index (χ4n) is 2.27. The first-order valence-corrected chi connectivity index (χ1v) is 8.43. The lowest BCUT2D eigenvalue weighted by molar-refractivity contribution is 0.163. The van der Waals surface area contributed by atoms with Crippen LogP contribution in [0.15, 0.2) is 12.2 Å². The topological polar surface area (TPSA) is 20.2 Å². The van der Waals surface area contributed by atoms with Crippen molar-refractivity contribution in [2.75, 3.05) is 0 Å². The Balaban J connectivity index is 3.22. The van der Waals surface area contributed by atoms with Crippen molar-refractivity contribution in [3.63, 3.8) is 0 Å². The maximum absolute atomic E-state index is 9.79. The molecular weight excluding hydrogens is 232 g/mol. The van der Waals surface area contributed by atoms with E-state index in [0.717, 1.165) is 19.3 Å². The minimum Gasteiger partial charge on any atom is -0.393 e. The Kier molecular flexibility index (Phi) is 15.5. The van der Waals surface area contributed by atoms with E-state index < -0.39 is 0 Å². The summed E-state index contributed by atoms with van der Waals surface area (Å²) in [5.41, 5.74) is 0. The number of aliphatic hydroxyl groups excluding tert-OH is 1. The van der Waals surface area contributed by atoms with Crippen LogP contribution in [-0.4, -0.2) is 11.2 Å². The minimum atomic E-state index is -0.120. The molecular formula is C18H35O. The Morgan fingerprint density at radius 1 is 0.895 bits per heavy atom. The molecule has 0 saturated heterocycles. The molecule has 0 heterocycles. The molecule has 0 aromatic carbocycles. The molecule has 113 valence electrons. The van der Waals surface area contributed by atoms with Crippen LogP contribution in [0, 0.1) is 6.92 Å². The van der Waals surface area contributed by atoms with Gasteiger partial charge in [-0.15, -0.1) is 0 Å². The van der Waals surface area contributed by atoms with Gasteiger partial charge in [0.25, 0.3) is 0 Å². The number of unbranched alkanes of at least 4 members (excludes halogenated alkanes) is 9. The highest BCUT2D eigenvalue weighted by molar-refractivity contribution is 4.83. The van der Waals surface area contributed by atoms with E-state index in [1.165, 1.54) is 64.2 Å². The number of hydrogen-bond acceptors (Lipinski definition) is 1. The van der Waals surface area contributed by atoms with Gasteiger partial charge < -0.3 is 5.11 Å². The summed E-state index contributed by atoms with van der Waals surface area (Å²) in [6.07, 6.45) is 20.0. The molecule has 0 saturated carbocycles. The Bertz CT molecular complexity index is 186. The van der Waals surface area contributed by atoms with Crippen molar-refractivity contribution < 1.29 is 5.11 Å². The van der Waals surface area contributed by atoms with Crippen LogP contribution in [0.3, 0.4) is 0 Å². The highest BCUT2D eigenvalue weighted by Crippen LogP contribution is 2.10. The van der Waals surface area contributed by atoms with E-state index in [-0.39, 0.29) is 6.10 Å². The second-order valence-corrected chi connectivity index (χ2v) is 5.62. The highest BCUT2D eigenvalue weighted by Gasteiger charge is 2.00. The average molecular weight is 267 g/mol. The molecule has 0 aliphatic heterocycles. The van der Waals surface area contributed by atoms with E-state index in [0.29, 0.717) is 0 Å². The summed E-state index contributed by atoms with van der Waals surface area (Å²) >= 11 is 0. The van der Waals surface area contributed by atoms with Crippen LogP contribution >= 0.6 is 0 Å². The van der Waals surface area contributed by atoms with Crippen molar-refractivity contribution >= 4 is 0 Å². The monoisotopic (exact) mass is 267 g/mol. The second-order valence-electron chi connectivity index (χ2n) is 5.62. The van der Waals surface area contributed by atoms with Crippen molar-refractivity contribution in [1.82, 2.24) is 0 Å². The van der Waals surface area contributed by atoms with Crippen molar-refractivity contribution in [3.8, 4) is 0 Å². The van der Waals surface area contributed by atoms with Gasteiger partial charge in [-0.05, 0) is 25.7 Å². The summed E-state index contributed by atoms with van der Waals surface area (Å²) < 4.78 is 0. The smallest absolute Gasteiger partial charge is 0.0574 e. The predicted octanol–water partition coefficient (Wildman–Crippen LogP) is 5.83. The van der Waals surface area contributed by atoms with Gasteiger partial charge in [0.05, 0.1) is 6.10 Å². The first kappa shape index (κ1) is 18.7. The van der Waals surface area contributed by atoms with Gasteiger partial charge in [0.15, 0.2) is 0 Å². The molecule has 0 aromatic rings. The van der Waals surface area contributed by atoms with Gasteiger partial charge in [-0.3, -0.25) is 0 Å². The quantitative estimate of drug-likeness (QED) is 0.310. The first-order valence-electron chi connectivity index (χ1n) is 8.43. The van der Waals surface area contributed by atoms with Gasteiger partial charge in [0.1, 0.15) is 0 Å². The third-order valence-electron chi connectivity index (χ3n) is 3.59. The van der Waals surface area contributed by atoms with Gasteiger partial charge in [-0.2, -0.15) is 0 Å². The van der Waals surface area contributed by atoms with Crippen LogP contribution in [0.4, 0.5) is 0 Å². The van der Waals surface area contributed by atoms with Crippen LogP contribution in [0.25, 0.3) is 0 Å². The van der Waals surface area contributed by atoms with Crippen molar-refractivity contribution in [1.29, 1.82) is 0 Å². The van der Waals surface area contributed by atoms with E-state index in [9.17, 15) is 5.11 Å². The predicted molar refractivity (Wildman–Crippen MR) is 86.2 cm³/mol. The molecule has 0 fully saturated rings. The van der Waals surface area contributed by atoms with Gasteiger partial charge in [-0.1, -0.05) is 83.8 Å². The standard InChI is InChI=1S/C18H35O/c1-3-5-7-9-10-11-12-13-15-17-18(19)16-14-8-6-4-2/h13,15,18-19H,1,3-12,14,16-17H2,2H3/b15-13+. The van der Waals surface area contributed by atoms with Gasteiger partial charge in [-0.25, -0.2) is 0 Å². The zero-order valence-electron chi connectivity index (χ0n) is 13.1. The molecule has 19 heavy (non-hydrogen) atoms. The molecule has 0 aliphatic rings. The number of allylic oxidation sites excluding steroid dienone is 1. The summed E-state index contributed by atoms with van der Waals surface area (Å²) in [6, 6.07) is 0. The largest absolute Gasteiger partial charge is 0.393 e. The van der Waals surface area contributed by atoms with Gasteiger partial charge in [0.2, 0.25) is 0 Å². The molecule has 0 spiro atoms. The normalized spacial score (nSPS) is 13.2. The molecule has 0 aliphatic carbocycles. The summed E-state index contributed by atoms with van der Waals surface area (Å²) in [7, 11) is 0. The average Bonchev–Trinajstić information content (AvgIpc) is 2.42. The lowest BCUT2D eigenvalue weighted by atomic mass is 10.1. The summed E-state index contributed by atoms with van der Waals surface area (Å²) in [4.78, 5) is 0. The van der Waals surface area contributed by atoms with E-state index >= 15 is 0 Å². The maximum atomic E-state index is 9.79. The van der Waals surface area contributed by atoms with Crippen LogP contribution in [0.1, 0.15) is 90.4 Å². The van der Waals surface area contributed by atoms with Crippen LogP contribution in [-0.2, 0) is 0 Å². The molecule has 0 amide bonds. The third kappa shape index (κ3) is 15.6. The number of hydrogen-bond donors (Lipinski definition) is 1. The first-order chi connectivity index (χ1) is 9.31. The van der Waals surface area contributed by atoms with Gasteiger partial charge >= 0.3 is 0 Å². The Hall–Kier alpha value is -0.300. The van der Waals surface area contributed by atoms with Crippen LogP contribution in [0.2, 0.25) is 0 Å². The van der Waals surface area contributed by atoms with E-state index in [4.69, 9.17) is 0 Å². The van der Waals surface area contributed by atoms with E-state index in [2.05, 4.69) is 26.0 Å².